The number of amides is 1. The number of halogens is 2. The zero-order valence-electron chi connectivity index (χ0n) is 14.5. The molecular formula is C19H21F2N3O2. The number of rotatable bonds is 5. The van der Waals surface area contributed by atoms with Gasteiger partial charge in [-0.2, -0.15) is 0 Å². The van der Waals surface area contributed by atoms with Gasteiger partial charge in [0.15, 0.2) is 0 Å². The topological polar surface area (TPSA) is 53.6 Å². The van der Waals surface area contributed by atoms with Crippen molar-refractivity contribution in [3.63, 3.8) is 0 Å². The Balaban J connectivity index is 1.74. The molecule has 0 aromatic heterocycles. The molecule has 1 aliphatic heterocycles. The Bertz CT molecular complexity index is 785. The van der Waals surface area contributed by atoms with Gasteiger partial charge < -0.3 is 15.4 Å². The van der Waals surface area contributed by atoms with E-state index in [1.807, 2.05) is 29.2 Å². The summed E-state index contributed by atoms with van der Waals surface area (Å²) in [6, 6.07) is 10.6. The number of anilines is 1. The van der Waals surface area contributed by atoms with Crippen molar-refractivity contribution in [2.75, 3.05) is 38.6 Å². The van der Waals surface area contributed by atoms with Crippen molar-refractivity contribution >= 4 is 11.6 Å². The molecule has 1 atom stereocenters. The molecule has 0 bridgehead atoms. The summed E-state index contributed by atoms with van der Waals surface area (Å²) in [6.07, 6.45) is 0. The molecule has 0 radical (unpaired) electrons. The van der Waals surface area contributed by atoms with Gasteiger partial charge in [-0.1, -0.05) is 18.2 Å². The van der Waals surface area contributed by atoms with Crippen molar-refractivity contribution in [1.82, 2.24) is 10.2 Å². The summed E-state index contributed by atoms with van der Waals surface area (Å²) in [7, 11) is 1.61. The number of methoxy groups -OCH3 is 1. The standard InChI is InChI=1S/C19H21F2N3O2/c1-26-18-5-3-2-4-14(18)17-11-22-8-9-24(17)12-19(25)23-16-10-13(20)6-7-15(16)21/h2-7,10,17,22H,8-9,11-12H2,1H3,(H,23,25). The molecule has 7 heteroatoms. The number of nitrogens with one attached hydrogen (secondary N) is 2. The Morgan fingerprint density at radius 1 is 1.31 bits per heavy atom. The maximum absolute atomic E-state index is 13.7. The lowest BCUT2D eigenvalue weighted by atomic mass is 10.0. The summed E-state index contributed by atoms with van der Waals surface area (Å²) in [5.41, 5.74) is 0.825. The van der Waals surface area contributed by atoms with Gasteiger partial charge in [0.05, 0.1) is 25.4 Å². The van der Waals surface area contributed by atoms with Gasteiger partial charge in [0.2, 0.25) is 5.91 Å². The summed E-state index contributed by atoms with van der Waals surface area (Å²) in [6.45, 7) is 2.14. The van der Waals surface area contributed by atoms with Crippen LogP contribution in [0.1, 0.15) is 11.6 Å². The van der Waals surface area contributed by atoms with E-state index in [0.717, 1.165) is 36.1 Å². The van der Waals surface area contributed by atoms with Crippen LogP contribution in [0.5, 0.6) is 5.75 Å². The minimum atomic E-state index is -0.665. The Morgan fingerprint density at radius 3 is 2.92 bits per heavy atom. The fourth-order valence-corrected chi connectivity index (χ4v) is 3.15. The molecule has 1 amide bonds. The second-order valence-corrected chi connectivity index (χ2v) is 6.10. The highest BCUT2D eigenvalue weighted by molar-refractivity contribution is 5.92. The molecule has 26 heavy (non-hydrogen) atoms. The quantitative estimate of drug-likeness (QED) is 0.860. The van der Waals surface area contributed by atoms with E-state index in [1.54, 1.807) is 7.11 Å². The summed E-state index contributed by atoms with van der Waals surface area (Å²) in [5.74, 6) is -0.906. The minimum absolute atomic E-state index is 0.0528. The number of benzene rings is 2. The van der Waals surface area contributed by atoms with Gasteiger partial charge in [-0.3, -0.25) is 9.69 Å². The zero-order valence-corrected chi connectivity index (χ0v) is 14.5. The number of hydrogen-bond acceptors (Lipinski definition) is 4. The van der Waals surface area contributed by atoms with Crippen LogP contribution < -0.4 is 15.4 Å². The first-order valence-electron chi connectivity index (χ1n) is 8.41. The number of piperazine rings is 1. The van der Waals surface area contributed by atoms with Crippen LogP contribution in [0, 0.1) is 11.6 Å². The average Bonchev–Trinajstić information content (AvgIpc) is 2.65. The minimum Gasteiger partial charge on any atom is -0.496 e. The lowest BCUT2D eigenvalue weighted by Gasteiger charge is -2.36. The highest BCUT2D eigenvalue weighted by Crippen LogP contribution is 2.30. The van der Waals surface area contributed by atoms with Crippen molar-refractivity contribution in [2.24, 2.45) is 0 Å². The Kier molecular flexibility index (Phi) is 5.80. The van der Waals surface area contributed by atoms with E-state index >= 15 is 0 Å². The zero-order chi connectivity index (χ0) is 18.5. The fraction of sp³-hybridized carbons (Fsp3) is 0.316. The van der Waals surface area contributed by atoms with Crippen LogP contribution in [0.3, 0.4) is 0 Å². The monoisotopic (exact) mass is 361 g/mol. The van der Waals surface area contributed by atoms with Crippen molar-refractivity contribution in [1.29, 1.82) is 0 Å². The third-order valence-electron chi connectivity index (χ3n) is 4.40. The number of carbonyl (C=O) groups excluding carboxylic acids is 1. The summed E-state index contributed by atoms with van der Waals surface area (Å²) in [5, 5.41) is 5.77. The molecular weight excluding hydrogens is 340 g/mol. The number of hydrogen-bond donors (Lipinski definition) is 2. The highest BCUT2D eigenvalue weighted by Gasteiger charge is 2.27. The van der Waals surface area contributed by atoms with Crippen LogP contribution >= 0.6 is 0 Å². The molecule has 138 valence electrons. The van der Waals surface area contributed by atoms with Gasteiger partial charge in [0, 0.05) is 31.3 Å². The number of nitrogens with zero attached hydrogens (tertiary/aromatic N) is 1. The first kappa shape index (κ1) is 18.3. The van der Waals surface area contributed by atoms with E-state index < -0.39 is 17.5 Å². The van der Waals surface area contributed by atoms with E-state index in [0.29, 0.717) is 13.1 Å². The number of ether oxygens (including phenoxy) is 1. The summed E-state index contributed by atoms with van der Waals surface area (Å²) < 4.78 is 32.4. The van der Waals surface area contributed by atoms with Crippen molar-refractivity contribution in [3.8, 4) is 5.75 Å². The molecule has 2 aromatic rings. The molecule has 5 nitrogen and oxygen atoms in total. The van der Waals surface area contributed by atoms with E-state index in [-0.39, 0.29) is 18.3 Å². The Labute approximate surface area is 151 Å². The van der Waals surface area contributed by atoms with Gasteiger partial charge >= 0.3 is 0 Å². The molecule has 2 aromatic carbocycles. The SMILES string of the molecule is COc1ccccc1C1CNCCN1CC(=O)Nc1cc(F)ccc1F. The number of para-hydroxylation sites is 1. The lowest BCUT2D eigenvalue weighted by Crippen LogP contribution is -2.48. The van der Waals surface area contributed by atoms with Crippen LogP contribution in [0.2, 0.25) is 0 Å². The van der Waals surface area contributed by atoms with Gasteiger partial charge in [-0.25, -0.2) is 8.78 Å². The maximum Gasteiger partial charge on any atom is 0.238 e. The molecule has 0 aliphatic carbocycles. The fourth-order valence-electron chi connectivity index (χ4n) is 3.15. The van der Waals surface area contributed by atoms with E-state index in [1.165, 1.54) is 0 Å². The molecule has 3 rings (SSSR count). The van der Waals surface area contributed by atoms with Crippen LogP contribution in [0.15, 0.2) is 42.5 Å². The predicted octanol–water partition coefficient (Wildman–Crippen LogP) is 2.56. The molecule has 1 unspecified atom stereocenters. The second-order valence-electron chi connectivity index (χ2n) is 6.10. The van der Waals surface area contributed by atoms with Crippen molar-refractivity contribution < 1.29 is 18.3 Å². The third kappa shape index (κ3) is 4.17. The van der Waals surface area contributed by atoms with Crippen LogP contribution in [0.4, 0.5) is 14.5 Å². The average molecular weight is 361 g/mol. The van der Waals surface area contributed by atoms with Crippen LogP contribution in [0.25, 0.3) is 0 Å². The molecule has 1 saturated heterocycles. The predicted molar refractivity (Wildman–Crippen MR) is 95.2 cm³/mol. The van der Waals surface area contributed by atoms with Gasteiger partial charge in [-0.15, -0.1) is 0 Å². The van der Waals surface area contributed by atoms with Crippen LogP contribution in [-0.4, -0.2) is 44.1 Å². The van der Waals surface area contributed by atoms with Gasteiger partial charge in [0.25, 0.3) is 0 Å². The maximum atomic E-state index is 13.7. The summed E-state index contributed by atoms with van der Waals surface area (Å²) >= 11 is 0. The molecule has 1 aliphatic rings. The van der Waals surface area contributed by atoms with E-state index in [4.69, 9.17) is 4.74 Å². The summed E-state index contributed by atoms with van der Waals surface area (Å²) in [4.78, 5) is 14.4. The largest absolute Gasteiger partial charge is 0.496 e. The lowest BCUT2D eigenvalue weighted by molar-refractivity contribution is -0.118. The Hall–Kier alpha value is -2.51. The van der Waals surface area contributed by atoms with E-state index in [2.05, 4.69) is 10.6 Å². The molecule has 0 spiro atoms. The van der Waals surface area contributed by atoms with Gasteiger partial charge in [0.1, 0.15) is 17.4 Å². The second kappa shape index (κ2) is 8.25. The molecule has 2 N–H and O–H groups in total. The normalized spacial score (nSPS) is 17.7. The van der Waals surface area contributed by atoms with Crippen molar-refractivity contribution in [2.45, 2.75) is 6.04 Å². The van der Waals surface area contributed by atoms with E-state index in [9.17, 15) is 13.6 Å². The van der Waals surface area contributed by atoms with Gasteiger partial charge in [-0.05, 0) is 18.2 Å². The first-order valence-corrected chi connectivity index (χ1v) is 8.41. The highest BCUT2D eigenvalue weighted by atomic mass is 19.1. The molecule has 1 heterocycles. The first-order chi connectivity index (χ1) is 12.6. The molecule has 0 saturated carbocycles. The molecule has 1 fully saturated rings. The number of carbonyl (C=O) groups is 1. The smallest absolute Gasteiger partial charge is 0.238 e. The van der Waals surface area contributed by atoms with Crippen LogP contribution in [-0.2, 0) is 4.79 Å². The van der Waals surface area contributed by atoms with Crippen molar-refractivity contribution in [3.05, 3.63) is 59.7 Å². The Morgan fingerprint density at radius 2 is 2.12 bits per heavy atom. The third-order valence-corrected chi connectivity index (χ3v) is 4.40.